The summed E-state index contributed by atoms with van der Waals surface area (Å²) in [6.45, 7) is 3.03. The number of anilines is 1. The Morgan fingerprint density at radius 3 is 2.94 bits per heavy atom. The van der Waals surface area contributed by atoms with Crippen LogP contribution in [0.1, 0.15) is 28.8 Å². The first-order valence-corrected chi connectivity index (χ1v) is 5.91. The molecule has 0 aromatic heterocycles. The summed E-state index contributed by atoms with van der Waals surface area (Å²) in [5, 5.41) is 9.57. The van der Waals surface area contributed by atoms with Gasteiger partial charge in [0.1, 0.15) is 0 Å². The van der Waals surface area contributed by atoms with Crippen LogP contribution in [-0.2, 0) is 0 Å². The SMILES string of the molecule is Cc1cc(N)ccc1C(=O)N1CCCC(O)C1. The summed E-state index contributed by atoms with van der Waals surface area (Å²) in [7, 11) is 0. The van der Waals surface area contributed by atoms with Crippen molar-refractivity contribution in [2.45, 2.75) is 25.9 Å². The number of benzene rings is 1. The number of nitrogen functional groups attached to an aromatic ring is 1. The molecule has 0 saturated carbocycles. The van der Waals surface area contributed by atoms with Crippen molar-refractivity contribution in [1.29, 1.82) is 0 Å². The van der Waals surface area contributed by atoms with E-state index < -0.39 is 0 Å². The van der Waals surface area contributed by atoms with Crippen molar-refractivity contribution in [2.75, 3.05) is 18.8 Å². The van der Waals surface area contributed by atoms with E-state index in [1.54, 1.807) is 23.1 Å². The van der Waals surface area contributed by atoms with Gasteiger partial charge in [0.15, 0.2) is 0 Å². The Labute approximate surface area is 101 Å². The van der Waals surface area contributed by atoms with E-state index in [1.807, 2.05) is 6.92 Å². The number of aliphatic hydroxyl groups is 1. The van der Waals surface area contributed by atoms with Gasteiger partial charge < -0.3 is 15.7 Å². The first kappa shape index (κ1) is 11.9. The van der Waals surface area contributed by atoms with Crippen LogP contribution in [0.2, 0.25) is 0 Å². The third-order valence-electron chi connectivity index (χ3n) is 3.16. The monoisotopic (exact) mass is 234 g/mol. The summed E-state index contributed by atoms with van der Waals surface area (Å²) in [6, 6.07) is 5.29. The minimum absolute atomic E-state index is 0.0127. The van der Waals surface area contributed by atoms with Gasteiger partial charge in [-0.15, -0.1) is 0 Å². The average molecular weight is 234 g/mol. The first-order valence-electron chi connectivity index (χ1n) is 5.91. The highest BCUT2D eigenvalue weighted by atomic mass is 16.3. The molecule has 17 heavy (non-hydrogen) atoms. The minimum atomic E-state index is -0.387. The molecule has 1 fully saturated rings. The number of amides is 1. The predicted octanol–water partition coefficient (Wildman–Crippen LogP) is 1.17. The molecule has 4 heteroatoms. The molecule has 0 aliphatic carbocycles. The minimum Gasteiger partial charge on any atom is -0.399 e. The number of nitrogens with two attached hydrogens (primary N) is 1. The zero-order chi connectivity index (χ0) is 12.4. The third kappa shape index (κ3) is 2.58. The van der Waals surface area contributed by atoms with Crippen molar-refractivity contribution in [3.8, 4) is 0 Å². The molecular weight excluding hydrogens is 216 g/mol. The molecule has 3 N–H and O–H groups in total. The van der Waals surface area contributed by atoms with Gasteiger partial charge in [0, 0.05) is 24.3 Å². The van der Waals surface area contributed by atoms with Crippen molar-refractivity contribution in [2.24, 2.45) is 0 Å². The number of aryl methyl sites for hydroxylation is 1. The van der Waals surface area contributed by atoms with Crippen LogP contribution in [0.3, 0.4) is 0 Å². The van der Waals surface area contributed by atoms with E-state index in [4.69, 9.17) is 5.73 Å². The second-order valence-corrected chi connectivity index (χ2v) is 4.62. The molecule has 1 heterocycles. The van der Waals surface area contributed by atoms with Crippen molar-refractivity contribution in [1.82, 2.24) is 4.90 Å². The predicted molar refractivity (Wildman–Crippen MR) is 66.7 cm³/mol. The molecular formula is C13H18N2O2. The van der Waals surface area contributed by atoms with E-state index in [9.17, 15) is 9.90 Å². The van der Waals surface area contributed by atoms with Gasteiger partial charge in [-0.05, 0) is 43.5 Å². The molecule has 0 bridgehead atoms. The van der Waals surface area contributed by atoms with E-state index in [1.165, 1.54) is 0 Å². The molecule has 1 aromatic rings. The number of likely N-dealkylation sites (tertiary alicyclic amines) is 1. The number of piperidine rings is 1. The topological polar surface area (TPSA) is 66.6 Å². The van der Waals surface area contributed by atoms with Gasteiger partial charge in [-0.1, -0.05) is 0 Å². The third-order valence-corrected chi connectivity index (χ3v) is 3.16. The Morgan fingerprint density at radius 2 is 2.29 bits per heavy atom. The number of carbonyl (C=O) groups is 1. The van der Waals surface area contributed by atoms with E-state index in [2.05, 4.69) is 0 Å². The maximum absolute atomic E-state index is 12.3. The lowest BCUT2D eigenvalue weighted by molar-refractivity contribution is 0.0473. The van der Waals surface area contributed by atoms with Gasteiger partial charge in [0.05, 0.1) is 6.10 Å². The van der Waals surface area contributed by atoms with Crippen molar-refractivity contribution in [3.63, 3.8) is 0 Å². The molecule has 4 nitrogen and oxygen atoms in total. The van der Waals surface area contributed by atoms with Crippen molar-refractivity contribution in [3.05, 3.63) is 29.3 Å². The van der Waals surface area contributed by atoms with Crippen LogP contribution < -0.4 is 5.73 Å². The van der Waals surface area contributed by atoms with Gasteiger partial charge in [-0.25, -0.2) is 0 Å². The Kier molecular flexibility index (Phi) is 3.33. The summed E-state index contributed by atoms with van der Waals surface area (Å²) in [4.78, 5) is 14.0. The molecule has 1 saturated heterocycles. The highest BCUT2D eigenvalue weighted by Gasteiger charge is 2.23. The maximum Gasteiger partial charge on any atom is 0.254 e. The van der Waals surface area contributed by atoms with Crippen molar-refractivity contribution < 1.29 is 9.90 Å². The lowest BCUT2D eigenvalue weighted by Crippen LogP contribution is -2.42. The van der Waals surface area contributed by atoms with Crippen LogP contribution in [0, 0.1) is 6.92 Å². The van der Waals surface area contributed by atoms with Gasteiger partial charge in [0.25, 0.3) is 5.91 Å². The average Bonchev–Trinajstić information content (AvgIpc) is 2.28. The number of nitrogens with zero attached hydrogens (tertiary/aromatic N) is 1. The molecule has 0 radical (unpaired) electrons. The van der Waals surface area contributed by atoms with Gasteiger partial charge in [-0.2, -0.15) is 0 Å². The lowest BCUT2D eigenvalue weighted by Gasteiger charge is -2.30. The second-order valence-electron chi connectivity index (χ2n) is 4.62. The molecule has 1 atom stereocenters. The fourth-order valence-corrected chi connectivity index (χ4v) is 2.24. The number of hydrogen-bond acceptors (Lipinski definition) is 3. The van der Waals surface area contributed by atoms with E-state index in [0.717, 1.165) is 24.9 Å². The normalized spacial score (nSPS) is 20.4. The molecule has 0 spiro atoms. The largest absolute Gasteiger partial charge is 0.399 e. The van der Waals surface area contributed by atoms with Crippen LogP contribution in [0.25, 0.3) is 0 Å². The number of rotatable bonds is 1. The van der Waals surface area contributed by atoms with Crippen LogP contribution in [0.15, 0.2) is 18.2 Å². The smallest absolute Gasteiger partial charge is 0.254 e. The lowest BCUT2D eigenvalue weighted by atomic mass is 10.0. The zero-order valence-corrected chi connectivity index (χ0v) is 10.0. The molecule has 92 valence electrons. The van der Waals surface area contributed by atoms with Gasteiger partial charge >= 0.3 is 0 Å². The summed E-state index contributed by atoms with van der Waals surface area (Å²) < 4.78 is 0. The van der Waals surface area contributed by atoms with E-state index in [0.29, 0.717) is 17.8 Å². The fraction of sp³-hybridized carbons (Fsp3) is 0.462. The Balaban J connectivity index is 2.18. The number of hydrogen-bond donors (Lipinski definition) is 2. The molecule has 1 aliphatic heterocycles. The Hall–Kier alpha value is -1.55. The molecule has 1 aliphatic rings. The van der Waals surface area contributed by atoms with Gasteiger partial charge in [0.2, 0.25) is 0 Å². The highest BCUT2D eigenvalue weighted by Crippen LogP contribution is 2.18. The van der Waals surface area contributed by atoms with Crippen LogP contribution in [-0.4, -0.2) is 35.1 Å². The quantitative estimate of drug-likeness (QED) is 0.717. The maximum atomic E-state index is 12.3. The summed E-state index contributed by atoms with van der Waals surface area (Å²) in [6.07, 6.45) is 1.26. The zero-order valence-electron chi connectivity index (χ0n) is 10.0. The molecule has 1 aromatic carbocycles. The number of β-amino-alcohol motifs (C(OH)–C–C–N with tert-alkyl or cyclic N) is 1. The van der Waals surface area contributed by atoms with Crippen molar-refractivity contribution >= 4 is 11.6 Å². The van der Waals surface area contributed by atoms with Gasteiger partial charge in [-0.3, -0.25) is 4.79 Å². The molecule has 1 amide bonds. The van der Waals surface area contributed by atoms with Crippen LogP contribution >= 0.6 is 0 Å². The Morgan fingerprint density at radius 1 is 1.53 bits per heavy atom. The molecule has 2 rings (SSSR count). The summed E-state index contributed by atoms with van der Waals surface area (Å²) in [5.74, 6) is -0.0127. The standard InChI is InChI=1S/C13H18N2O2/c1-9-7-10(14)4-5-12(9)13(17)15-6-2-3-11(16)8-15/h4-5,7,11,16H,2-3,6,8,14H2,1H3. The summed E-state index contributed by atoms with van der Waals surface area (Å²) >= 11 is 0. The van der Waals surface area contributed by atoms with Crippen LogP contribution in [0.5, 0.6) is 0 Å². The fourth-order valence-electron chi connectivity index (χ4n) is 2.24. The summed E-state index contributed by atoms with van der Waals surface area (Å²) in [5.41, 5.74) is 7.89. The van der Waals surface area contributed by atoms with Crippen LogP contribution in [0.4, 0.5) is 5.69 Å². The number of carbonyl (C=O) groups excluding carboxylic acids is 1. The highest BCUT2D eigenvalue weighted by molar-refractivity contribution is 5.96. The molecule has 1 unspecified atom stereocenters. The van der Waals surface area contributed by atoms with E-state index in [-0.39, 0.29) is 12.0 Å². The second kappa shape index (κ2) is 4.75. The van der Waals surface area contributed by atoms with E-state index >= 15 is 0 Å². The number of aliphatic hydroxyl groups excluding tert-OH is 1. The Bertz CT molecular complexity index is 431. The first-order chi connectivity index (χ1) is 8.08.